The molecule has 0 heterocycles. The summed E-state index contributed by atoms with van der Waals surface area (Å²) in [5, 5.41) is 0. The van der Waals surface area contributed by atoms with Crippen molar-refractivity contribution in [2.75, 3.05) is 14.1 Å². The molecule has 34 valence electrons. The lowest BCUT2D eigenvalue weighted by Gasteiger charge is -1.81. The van der Waals surface area contributed by atoms with Crippen LogP contribution < -0.4 is 10.9 Å². The molecule has 0 aliphatic carbocycles. The first kappa shape index (κ1) is 8.87. The van der Waals surface area contributed by atoms with Gasteiger partial charge in [0.2, 0.25) is 0 Å². The first-order valence-corrected chi connectivity index (χ1v) is 1.25. The Kier molecular flexibility index (Phi) is 16.1. The van der Waals surface area contributed by atoms with Crippen molar-refractivity contribution in [2.24, 2.45) is 0 Å². The third kappa shape index (κ3) is 17.1. The summed E-state index contributed by atoms with van der Waals surface area (Å²) >= 11 is 0. The van der Waals surface area contributed by atoms with Crippen LogP contribution in [0.3, 0.4) is 0 Å². The van der Waals surface area contributed by atoms with Gasteiger partial charge in [0.25, 0.3) is 0 Å². The quantitative estimate of drug-likeness (QED) is 0.429. The highest BCUT2D eigenvalue weighted by Crippen LogP contribution is 1.07. The number of hydrazine groups is 1. The van der Waals surface area contributed by atoms with Gasteiger partial charge >= 0.3 is 0 Å². The van der Waals surface area contributed by atoms with Crippen molar-refractivity contribution in [3.8, 4) is 0 Å². The van der Waals surface area contributed by atoms with E-state index in [4.69, 9.17) is 0 Å². The van der Waals surface area contributed by atoms with Crippen LogP contribution in [0.15, 0.2) is 0 Å². The first-order valence-electron chi connectivity index (χ1n) is 1.25. The highest BCUT2D eigenvalue weighted by molar-refractivity contribution is 3.99. The fourth-order valence-electron chi connectivity index (χ4n) is 0. The van der Waals surface area contributed by atoms with Gasteiger partial charge in [-0.15, -0.1) is 0 Å². The highest BCUT2D eigenvalue weighted by Gasteiger charge is 1.44. The number of rotatable bonds is 1. The molecule has 0 unspecified atom stereocenters. The van der Waals surface area contributed by atoms with Gasteiger partial charge in [0, 0.05) is 0 Å². The lowest BCUT2D eigenvalue weighted by molar-refractivity contribution is 0.689. The minimum Gasteiger partial charge on any atom is -0.261 e. The molecular formula is C3H12N2. The molecule has 0 atom stereocenters. The molecule has 0 aliphatic heterocycles. The molecule has 0 aromatic rings. The summed E-state index contributed by atoms with van der Waals surface area (Å²) in [4.78, 5) is 0. The van der Waals surface area contributed by atoms with Gasteiger partial charge < -0.3 is 0 Å². The van der Waals surface area contributed by atoms with Gasteiger partial charge in [-0.1, -0.05) is 7.43 Å². The number of nitrogens with one attached hydrogen (secondary N) is 2. The van der Waals surface area contributed by atoms with Gasteiger partial charge in [0.05, 0.1) is 0 Å². The van der Waals surface area contributed by atoms with E-state index in [1.165, 1.54) is 0 Å². The minimum absolute atomic E-state index is 0. The molecule has 0 saturated carbocycles. The maximum atomic E-state index is 2.68. The lowest BCUT2D eigenvalue weighted by atomic mass is 11.4. The summed E-state index contributed by atoms with van der Waals surface area (Å²) in [5.74, 6) is 0. The minimum atomic E-state index is 0. The summed E-state index contributed by atoms with van der Waals surface area (Å²) in [7, 11) is 3.64. The van der Waals surface area contributed by atoms with E-state index >= 15 is 0 Å². The number of hydrogen-bond acceptors (Lipinski definition) is 2. The van der Waals surface area contributed by atoms with Crippen molar-refractivity contribution < 1.29 is 0 Å². The van der Waals surface area contributed by atoms with E-state index in [-0.39, 0.29) is 7.43 Å². The highest BCUT2D eigenvalue weighted by atomic mass is 15.3. The second-order valence-electron chi connectivity index (χ2n) is 0.500. The van der Waals surface area contributed by atoms with Gasteiger partial charge in [-0.25, -0.2) is 0 Å². The molecule has 2 N–H and O–H groups in total. The summed E-state index contributed by atoms with van der Waals surface area (Å²) in [5.41, 5.74) is 5.36. The Bertz CT molecular complexity index is 6.85. The third-order valence-electron chi connectivity index (χ3n) is 0.250. The fraction of sp³-hybridized carbons (Fsp3) is 1.00. The molecule has 0 aliphatic rings. The van der Waals surface area contributed by atoms with E-state index in [2.05, 4.69) is 10.9 Å². The standard InChI is InChI=1S/C2H8N2.CH4/c1-3-4-2;/h3-4H,1-2H3;1H4. The largest absolute Gasteiger partial charge is 0.261 e. The normalized spacial score (nSPS) is 6.00. The molecule has 0 fully saturated rings. The molecule has 0 aromatic heterocycles. The zero-order valence-electron chi connectivity index (χ0n) is 3.00. The Morgan fingerprint density at radius 1 is 1.00 bits per heavy atom. The van der Waals surface area contributed by atoms with Crippen LogP contribution in [0.1, 0.15) is 7.43 Å². The van der Waals surface area contributed by atoms with Crippen LogP contribution in [0, 0.1) is 0 Å². The predicted octanol–water partition coefficient (Wildman–Crippen LogP) is -0.0237. The van der Waals surface area contributed by atoms with Crippen molar-refractivity contribution in [2.45, 2.75) is 7.43 Å². The van der Waals surface area contributed by atoms with E-state index in [0.29, 0.717) is 0 Å². The average Bonchev–Trinajstić information content (AvgIpc) is 1.37. The topological polar surface area (TPSA) is 24.1 Å². The van der Waals surface area contributed by atoms with Crippen molar-refractivity contribution in [3.05, 3.63) is 0 Å². The van der Waals surface area contributed by atoms with Crippen molar-refractivity contribution in [3.63, 3.8) is 0 Å². The zero-order chi connectivity index (χ0) is 3.41. The van der Waals surface area contributed by atoms with Crippen molar-refractivity contribution in [1.29, 1.82) is 0 Å². The van der Waals surface area contributed by atoms with Crippen molar-refractivity contribution in [1.82, 2.24) is 10.9 Å². The van der Waals surface area contributed by atoms with Gasteiger partial charge in [0.15, 0.2) is 0 Å². The first-order chi connectivity index (χ1) is 1.91. The lowest BCUT2D eigenvalue weighted by Crippen LogP contribution is -2.21. The zero-order valence-corrected chi connectivity index (χ0v) is 3.00. The molecular weight excluding hydrogens is 64.0 g/mol. The van der Waals surface area contributed by atoms with Crippen LogP contribution in [0.5, 0.6) is 0 Å². The summed E-state index contributed by atoms with van der Waals surface area (Å²) in [6.45, 7) is 0. The molecule has 0 rings (SSSR count). The maximum absolute atomic E-state index is 2.68. The molecule has 0 amide bonds. The Balaban J connectivity index is 0. The van der Waals surface area contributed by atoms with Crippen LogP contribution in [0.25, 0.3) is 0 Å². The Morgan fingerprint density at radius 2 is 1.20 bits per heavy atom. The molecule has 5 heavy (non-hydrogen) atoms. The van der Waals surface area contributed by atoms with Gasteiger partial charge in [-0.3, -0.25) is 10.9 Å². The van der Waals surface area contributed by atoms with E-state index in [9.17, 15) is 0 Å². The van der Waals surface area contributed by atoms with Crippen LogP contribution in [-0.2, 0) is 0 Å². The van der Waals surface area contributed by atoms with Crippen LogP contribution in [0.2, 0.25) is 0 Å². The van der Waals surface area contributed by atoms with Crippen LogP contribution in [-0.4, -0.2) is 14.1 Å². The Morgan fingerprint density at radius 3 is 1.20 bits per heavy atom. The van der Waals surface area contributed by atoms with E-state index in [0.717, 1.165) is 0 Å². The summed E-state index contributed by atoms with van der Waals surface area (Å²) in [6, 6.07) is 0. The van der Waals surface area contributed by atoms with Crippen LogP contribution >= 0.6 is 0 Å². The average molecular weight is 76.1 g/mol. The van der Waals surface area contributed by atoms with Crippen molar-refractivity contribution >= 4 is 0 Å². The maximum Gasteiger partial charge on any atom is -0.00150 e. The summed E-state index contributed by atoms with van der Waals surface area (Å²) < 4.78 is 0. The molecule has 2 heteroatoms. The molecule has 0 bridgehead atoms. The van der Waals surface area contributed by atoms with E-state index in [1.807, 2.05) is 14.1 Å². The predicted molar refractivity (Wildman–Crippen MR) is 24.9 cm³/mol. The SMILES string of the molecule is C.CNNC. The van der Waals surface area contributed by atoms with E-state index < -0.39 is 0 Å². The molecule has 0 radical (unpaired) electrons. The number of hydrogen-bond donors (Lipinski definition) is 2. The molecule has 0 aromatic carbocycles. The van der Waals surface area contributed by atoms with Gasteiger partial charge in [-0.05, 0) is 14.1 Å². The van der Waals surface area contributed by atoms with Gasteiger partial charge in [-0.2, -0.15) is 0 Å². The third-order valence-corrected chi connectivity index (χ3v) is 0.250. The smallest absolute Gasteiger partial charge is 0.00150 e. The van der Waals surface area contributed by atoms with E-state index in [1.54, 1.807) is 0 Å². The summed E-state index contributed by atoms with van der Waals surface area (Å²) in [6.07, 6.45) is 0. The molecule has 0 spiro atoms. The second kappa shape index (κ2) is 9.07. The fourth-order valence-corrected chi connectivity index (χ4v) is 0. The molecule has 2 nitrogen and oxygen atoms in total. The Labute approximate surface area is 33.5 Å². The van der Waals surface area contributed by atoms with Gasteiger partial charge in [0.1, 0.15) is 0 Å². The Hall–Kier alpha value is -0.0800. The molecule has 0 saturated heterocycles. The monoisotopic (exact) mass is 76.1 g/mol. The van der Waals surface area contributed by atoms with Crippen LogP contribution in [0.4, 0.5) is 0 Å². The second-order valence-corrected chi connectivity index (χ2v) is 0.500.